The molecule has 7 heteroatoms. The molecule has 1 saturated heterocycles. The summed E-state index contributed by atoms with van der Waals surface area (Å²) in [5, 5.41) is 4.08. The maximum atomic E-state index is 12.8. The molecule has 0 aliphatic carbocycles. The molecule has 30 heavy (non-hydrogen) atoms. The number of rotatable bonds is 5. The molecule has 1 amide bonds. The van der Waals surface area contributed by atoms with Crippen molar-refractivity contribution in [3.63, 3.8) is 0 Å². The van der Waals surface area contributed by atoms with E-state index in [0.29, 0.717) is 24.6 Å². The molecule has 3 aromatic rings. The van der Waals surface area contributed by atoms with Gasteiger partial charge in [0.15, 0.2) is 0 Å². The number of benzene rings is 1. The molecule has 0 bridgehead atoms. The zero-order valence-corrected chi connectivity index (χ0v) is 17.5. The lowest BCUT2D eigenvalue weighted by Crippen LogP contribution is -2.35. The molecule has 1 aliphatic heterocycles. The Labute approximate surface area is 176 Å². The molecular weight excluding hydrogens is 378 g/mol. The Morgan fingerprint density at radius 1 is 1.07 bits per heavy atom. The second-order valence-electron chi connectivity index (χ2n) is 7.71. The summed E-state index contributed by atoms with van der Waals surface area (Å²) >= 11 is 0. The number of hydrogen-bond donors (Lipinski definition) is 0. The van der Waals surface area contributed by atoms with E-state index in [1.807, 2.05) is 48.5 Å². The SMILES string of the molecule is Cc1ccccc1-c1noc(CCC(=O)N2CCCN(c3ccncc3C)CC2)n1. The third-order valence-electron chi connectivity index (χ3n) is 5.59. The summed E-state index contributed by atoms with van der Waals surface area (Å²) in [6.07, 6.45) is 5.50. The topological polar surface area (TPSA) is 75.4 Å². The van der Waals surface area contributed by atoms with E-state index < -0.39 is 0 Å². The lowest BCUT2D eigenvalue weighted by molar-refractivity contribution is -0.131. The van der Waals surface area contributed by atoms with Crippen LogP contribution in [0.1, 0.15) is 29.9 Å². The third kappa shape index (κ3) is 4.50. The van der Waals surface area contributed by atoms with E-state index in [9.17, 15) is 4.79 Å². The minimum absolute atomic E-state index is 0.138. The smallest absolute Gasteiger partial charge is 0.227 e. The Bertz CT molecular complexity index is 1020. The number of aromatic nitrogens is 3. The summed E-state index contributed by atoms with van der Waals surface area (Å²) in [4.78, 5) is 25.7. The van der Waals surface area contributed by atoms with Crippen molar-refractivity contribution in [2.75, 3.05) is 31.1 Å². The monoisotopic (exact) mass is 405 g/mol. The summed E-state index contributed by atoms with van der Waals surface area (Å²) < 4.78 is 5.38. The van der Waals surface area contributed by atoms with Crippen molar-refractivity contribution in [1.29, 1.82) is 0 Å². The summed E-state index contributed by atoms with van der Waals surface area (Å²) in [6.45, 7) is 7.36. The quantitative estimate of drug-likeness (QED) is 0.647. The molecule has 0 N–H and O–H groups in total. The van der Waals surface area contributed by atoms with E-state index in [0.717, 1.165) is 49.3 Å². The van der Waals surface area contributed by atoms with Gasteiger partial charge < -0.3 is 14.3 Å². The minimum atomic E-state index is 0.138. The maximum absolute atomic E-state index is 12.8. The predicted octanol–water partition coefficient (Wildman–Crippen LogP) is 3.42. The van der Waals surface area contributed by atoms with Gasteiger partial charge in [0.1, 0.15) is 0 Å². The van der Waals surface area contributed by atoms with E-state index in [4.69, 9.17) is 4.52 Å². The van der Waals surface area contributed by atoms with E-state index in [2.05, 4.69) is 33.0 Å². The lowest BCUT2D eigenvalue weighted by atomic mass is 10.1. The first-order valence-corrected chi connectivity index (χ1v) is 10.4. The number of anilines is 1. The van der Waals surface area contributed by atoms with Crippen LogP contribution < -0.4 is 4.90 Å². The molecule has 0 radical (unpaired) electrons. The van der Waals surface area contributed by atoms with Crippen molar-refractivity contribution in [3.8, 4) is 11.4 Å². The van der Waals surface area contributed by atoms with Gasteiger partial charge in [0.25, 0.3) is 0 Å². The standard InChI is InChI=1S/C23H27N5O2/c1-17-6-3-4-7-19(17)23-25-21(30-26-23)8-9-22(29)28-13-5-12-27(14-15-28)20-10-11-24-16-18(20)2/h3-4,6-7,10-11,16H,5,8-9,12-15H2,1-2H3. The van der Waals surface area contributed by atoms with Gasteiger partial charge in [-0.2, -0.15) is 4.98 Å². The fourth-order valence-electron chi connectivity index (χ4n) is 3.89. The van der Waals surface area contributed by atoms with Gasteiger partial charge in [-0.25, -0.2) is 0 Å². The highest BCUT2D eigenvalue weighted by Crippen LogP contribution is 2.21. The van der Waals surface area contributed by atoms with E-state index in [-0.39, 0.29) is 5.91 Å². The Kier molecular flexibility index (Phi) is 6.07. The first kappa shape index (κ1) is 20.1. The average molecular weight is 406 g/mol. The van der Waals surface area contributed by atoms with Gasteiger partial charge in [-0.3, -0.25) is 9.78 Å². The Morgan fingerprint density at radius 2 is 1.93 bits per heavy atom. The number of carbonyl (C=O) groups is 1. The number of hydrogen-bond acceptors (Lipinski definition) is 6. The van der Waals surface area contributed by atoms with Crippen LogP contribution in [0.25, 0.3) is 11.4 Å². The van der Waals surface area contributed by atoms with Crippen LogP contribution in [0.4, 0.5) is 5.69 Å². The minimum Gasteiger partial charge on any atom is -0.369 e. The molecule has 4 rings (SSSR count). The second kappa shape index (κ2) is 9.07. The van der Waals surface area contributed by atoms with Crippen LogP contribution in [0, 0.1) is 13.8 Å². The number of carbonyl (C=O) groups excluding carboxylic acids is 1. The van der Waals surface area contributed by atoms with Crippen molar-refractivity contribution in [3.05, 3.63) is 59.7 Å². The van der Waals surface area contributed by atoms with Crippen LogP contribution in [0.3, 0.4) is 0 Å². The molecule has 1 aliphatic rings. The summed E-state index contributed by atoms with van der Waals surface area (Å²) in [6, 6.07) is 9.98. The van der Waals surface area contributed by atoms with Gasteiger partial charge in [0, 0.05) is 62.7 Å². The molecular formula is C23H27N5O2. The average Bonchev–Trinajstić information content (AvgIpc) is 3.08. The summed E-state index contributed by atoms with van der Waals surface area (Å²) in [5.74, 6) is 1.22. The highest BCUT2D eigenvalue weighted by molar-refractivity contribution is 5.76. The van der Waals surface area contributed by atoms with E-state index >= 15 is 0 Å². The molecule has 3 heterocycles. The van der Waals surface area contributed by atoms with Gasteiger partial charge in [-0.1, -0.05) is 29.4 Å². The molecule has 156 valence electrons. The molecule has 0 spiro atoms. The number of aryl methyl sites for hydroxylation is 3. The van der Waals surface area contributed by atoms with Crippen LogP contribution in [-0.2, 0) is 11.2 Å². The highest BCUT2D eigenvalue weighted by Gasteiger charge is 2.21. The van der Waals surface area contributed by atoms with Gasteiger partial charge in [-0.05, 0) is 37.5 Å². The van der Waals surface area contributed by atoms with Crippen molar-refractivity contribution >= 4 is 11.6 Å². The van der Waals surface area contributed by atoms with Crippen molar-refractivity contribution in [2.24, 2.45) is 0 Å². The third-order valence-corrected chi connectivity index (χ3v) is 5.59. The fraction of sp³-hybridized carbons (Fsp3) is 0.391. The maximum Gasteiger partial charge on any atom is 0.227 e. The number of nitrogens with zero attached hydrogens (tertiary/aromatic N) is 5. The number of amides is 1. The Hall–Kier alpha value is -3.22. The van der Waals surface area contributed by atoms with E-state index in [1.54, 1.807) is 0 Å². The highest BCUT2D eigenvalue weighted by atomic mass is 16.5. The predicted molar refractivity (Wildman–Crippen MR) is 115 cm³/mol. The molecule has 0 unspecified atom stereocenters. The zero-order valence-electron chi connectivity index (χ0n) is 17.5. The summed E-state index contributed by atoms with van der Waals surface area (Å²) in [7, 11) is 0. The van der Waals surface area contributed by atoms with Gasteiger partial charge in [0.2, 0.25) is 17.6 Å². The molecule has 1 aromatic carbocycles. The molecule has 0 saturated carbocycles. The van der Waals surface area contributed by atoms with Gasteiger partial charge in [0.05, 0.1) is 0 Å². The second-order valence-corrected chi connectivity index (χ2v) is 7.71. The Balaban J connectivity index is 1.33. The van der Waals surface area contributed by atoms with Crippen molar-refractivity contribution in [2.45, 2.75) is 33.1 Å². The van der Waals surface area contributed by atoms with Crippen LogP contribution in [0.15, 0.2) is 47.2 Å². The number of pyridine rings is 1. The van der Waals surface area contributed by atoms with Crippen LogP contribution in [0.5, 0.6) is 0 Å². The first-order chi connectivity index (χ1) is 14.6. The van der Waals surface area contributed by atoms with Crippen LogP contribution >= 0.6 is 0 Å². The lowest BCUT2D eigenvalue weighted by Gasteiger charge is -2.25. The Morgan fingerprint density at radius 3 is 2.77 bits per heavy atom. The first-order valence-electron chi connectivity index (χ1n) is 10.4. The molecule has 7 nitrogen and oxygen atoms in total. The fourth-order valence-corrected chi connectivity index (χ4v) is 3.89. The van der Waals surface area contributed by atoms with Gasteiger partial charge in [-0.15, -0.1) is 0 Å². The van der Waals surface area contributed by atoms with Gasteiger partial charge >= 0.3 is 0 Å². The largest absolute Gasteiger partial charge is 0.369 e. The van der Waals surface area contributed by atoms with Crippen molar-refractivity contribution < 1.29 is 9.32 Å². The molecule has 2 aromatic heterocycles. The normalized spacial score (nSPS) is 14.6. The zero-order chi connectivity index (χ0) is 20.9. The molecule has 0 atom stereocenters. The van der Waals surface area contributed by atoms with Crippen LogP contribution in [0.2, 0.25) is 0 Å². The molecule has 1 fully saturated rings. The summed E-state index contributed by atoms with van der Waals surface area (Å²) in [5.41, 5.74) is 4.42. The van der Waals surface area contributed by atoms with E-state index in [1.165, 1.54) is 5.69 Å². The van der Waals surface area contributed by atoms with Crippen LogP contribution in [-0.4, -0.2) is 52.1 Å². The van der Waals surface area contributed by atoms with Crippen molar-refractivity contribution in [1.82, 2.24) is 20.0 Å².